The SMILES string of the molecule is c1ccc(-c2cccc(-c3nc(-n4c5ccccc5c5c6oc7ccc8cc(-c9ccccc9)ccc8c7c6ccc54)nc4c3sc3ccccc34)c2)cc1. The number of fused-ring (bicyclic) bond motifs is 12. The van der Waals surface area contributed by atoms with Gasteiger partial charge in [-0.15, -0.1) is 11.3 Å². The lowest BCUT2D eigenvalue weighted by Crippen LogP contribution is -2.02. The summed E-state index contributed by atoms with van der Waals surface area (Å²) in [5.74, 6) is 0.636. The minimum atomic E-state index is 0.636. The summed E-state index contributed by atoms with van der Waals surface area (Å²) in [6, 6.07) is 62.3. The van der Waals surface area contributed by atoms with Crippen molar-refractivity contribution in [1.29, 1.82) is 0 Å². The van der Waals surface area contributed by atoms with Gasteiger partial charge in [-0.05, 0) is 75.5 Å². The zero-order chi connectivity index (χ0) is 36.0. The van der Waals surface area contributed by atoms with Crippen LogP contribution in [0.4, 0.5) is 0 Å². The highest BCUT2D eigenvalue weighted by molar-refractivity contribution is 7.26. The molecule has 0 aliphatic rings. The lowest BCUT2D eigenvalue weighted by atomic mass is 9.98. The number of aromatic nitrogens is 3. The summed E-state index contributed by atoms with van der Waals surface area (Å²) < 4.78 is 11.4. The van der Waals surface area contributed by atoms with Gasteiger partial charge in [-0.3, -0.25) is 4.57 Å². The molecular weight excluding hydrogens is 691 g/mol. The molecule has 4 aromatic heterocycles. The van der Waals surface area contributed by atoms with Crippen LogP contribution in [0.15, 0.2) is 180 Å². The third-order valence-electron chi connectivity index (χ3n) is 11.0. The maximum absolute atomic E-state index is 6.86. The molecule has 0 atom stereocenters. The summed E-state index contributed by atoms with van der Waals surface area (Å²) in [5, 5.41) is 7.90. The van der Waals surface area contributed by atoms with Gasteiger partial charge >= 0.3 is 0 Å². The number of rotatable bonds is 4. The van der Waals surface area contributed by atoms with Crippen molar-refractivity contribution in [2.24, 2.45) is 0 Å². The van der Waals surface area contributed by atoms with E-state index in [4.69, 9.17) is 14.4 Å². The van der Waals surface area contributed by atoms with E-state index >= 15 is 0 Å². The Morgan fingerprint density at radius 1 is 0.455 bits per heavy atom. The summed E-state index contributed by atoms with van der Waals surface area (Å²) in [6.07, 6.45) is 0. The molecule has 5 heteroatoms. The second-order valence-corrected chi connectivity index (χ2v) is 15.2. The van der Waals surface area contributed by atoms with Gasteiger partial charge in [0.25, 0.3) is 0 Å². The molecule has 0 aliphatic carbocycles. The second kappa shape index (κ2) is 11.7. The molecule has 0 unspecified atom stereocenters. The molecule has 0 amide bonds. The Morgan fingerprint density at radius 2 is 1.15 bits per heavy atom. The van der Waals surface area contributed by atoms with E-state index in [9.17, 15) is 0 Å². The molecule has 0 N–H and O–H groups in total. The smallest absolute Gasteiger partial charge is 0.235 e. The van der Waals surface area contributed by atoms with E-state index in [1.165, 1.54) is 32.2 Å². The number of para-hydroxylation sites is 1. The van der Waals surface area contributed by atoms with E-state index < -0.39 is 0 Å². The lowest BCUT2D eigenvalue weighted by Gasteiger charge is -2.11. The molecule has 55 heavy (non-hydrogen) atoms. The topological polar surface area (TPSA) is 43.9 Å². The number of nitrogens with zero attached hydrogens (tertiary/aromatic N) is 3. The molecule has 0 fully saturated rings. The van der Waals surface area contributed by atoms with Crippen LogP contribution in [-0.2, 0) is 0 Å². The third-order valence-corrected chi connectivity index (χ3v) is 12.2. The Bertz CT molecular complexity index is 3490. The first-order valence-corrected chi connectivity index (χ1v) is 19.3. The van der Waals surface area contributed by atoms with Gasteiger partial charge in [-0.25, -0.2) is 9.97 Å². The van der Waals surface area contributed by atoms with Gasteiger partial charge in [0.05, 0.1) is 32.3 Å². The Labute approximate surface area is 319 Å². The molecule has 4 heterocycles. The summed E-state index contributed by atoms with van der Waals surface area (Å²) in [4.78, 5) is 10.9. The van der Waals surface area contributed by atoms with Gasteiger partial charge < -0.3 is 4.42 Å². The van der Waals surface area contributed by atoms with Crippen LogP contribution in [0.3, 0.4) is 0 Å². The Hall–Kier alpha value is -7.08. The number of hydrogen-bond donors (Lipinski definition) is 0. The maximum atomic E-state index is 6.86. The highest BCUT2D eigenvalue weighted by Crippen LogP contribution is 2.44. The molecule has 0 radical (unpaired) electrons. The van der Waals surface area contributed by atoms with Crippen molar-refractivity contribution < 1.29 is 4.42 Å². The predicted octanol–water partition coefficient (Wildman–Crippen LogP) is 14.0. The Morgan fingerprint density at radius 3 is 1.98 bits per heavy atom. The van der Waals surface area contributed by atoms with Crippen molar-refractivity contribution in [3.63, 3.8) is 0 Å². The van der Waals surface area contributed by atoms with Crippen molar-refractivity contribution >= 4 is 86.2 Å². The monoisotopic (exact) mass is 719 g/mol. The van der Waals surface area contributed by atoms with Crippen molar-refractivity contribution in [3.05, 3.63) is 176 Å². The average Bonchev–Trinajstić information content (AvgIpc) is 3.93. The maximum Gasteiger partial charge on any atom is 0.235 e. The van der Waals surface area contributed by atoms with Gasteiger partial charge in [0.2, 0.25) is 5.95 Å². The first-order chi connectivity index (χ1) is 27.3. The standard InChI is InChI=1S/C50H29N3OS/c1-3-12-30(13-4-1)32-16-11-17-35(29-32)46-49-47(38-19-8-10-21-43(38)55-49)52-50(51-46)53-40-20-9-7-18-37(40)45-41(53)26-25-39-44-36-24-22-33(31-14-5-2-6-15-31)28-34(36)23-27-42(44)54-48(39)45/h1-29H. The number of furan rings is 1. The van der Waals surface area contributed by atoms with Gasteiger partial charge in [0.1, 0.15) is 11.2 Å². The number of benzene rings is 8. The van der Waals surface area contributed by atoms with E-state index in [0.717, 1.165) is 76.2 Å². The molecule has 256 valence electrons. The predicted molar refractivity (Wildman–Crippen MR) is 230 cm³/mol. The summed E-state index contributed by atoms with van der Waals surface area (Å²) in [5.41, 5.74) is 11.5. The Kier molecular flexibility index (Phi) is 6.47. The normalized spacial score (nSPS) is 12.0. The molecule has 4 nitrogen and oxygen atoms in total. The summed E-state index contributed by atoms with van der Waals surface area (Å²) in [7, 11) is 0. The van der Waals surface area contributed by atoms with E-state index in [0.29, 0.717) is 5.95 Å². The van der Waals surface area contributed by atoms with Gasteiger partial charge in [0.15, 0.2) is 0 Å². The quantitative estimate of drug-likeness (QED) is 0.182. The first kappa shape index (κ1) is 30.4. The third kappa shape index (κ3) is 4.57. The number of hydrogen-bond acceptors (Lipinski definition) is 4. The second-order valence-electron chi connectivity index (χ2n) is 14.1. The van der Waals surface area contributed by atoms with Gasteiger partial charge in [0, 0.05) is 31.8 Å². The first-order valence-electron chi connectivity index (χ1n) is 18.5. The zero-order valence-corrected chi connectivity index (χ0v) is 30.2. The van der Waals surface area contributed by atoms with Crippen molar-refractivity contribution in [1.82, 2.24) is 14.5 Å². The molecular formula is C50H29N3OS. The van der Waals surface area contributed by atoms with Crippen LogP contribution in [0.5, 0.6) is 0 Å². The fraction of sp³-hybridized carbons (Fsp3) is 0. The van der Waals surface area contributed by atoms with Crippen LogP contribution in [0.25, 0.3) is 114 Å². The Balaban J connectivity index is 1.12. The van der Waals surface area contributed by atoms with Crippen LogP contribution in [-0.4, -0.2) is 14.5 Å². The van der Waals surface area contributed by atoms with Crippen molar-refractivity contribution in [2.45, 2.75) is 0 Å². The minimum Gasteiger partial charge on any atom is -0.455 e. The molecule has 0 spiro atoms. The van der Waals surface area contributed by atoms with E-state index in [1.54, 1.807) is 11.3 Å². The number of thiophene rings is 1. The van der Waals surface area contributed by atoms with Gasteiger partial charge in [-0.2, -0.15) is 0 Å². The molecule has 8 aromatic carbocycles. The lowest BCUT2D eigenvalue weighted by molar-refractivity contribution is 0.673. The highest BCUT2D eigenvalue weighted by Gasteiger charge is 2.23. The molecule has 0 bridgehead atoms. The van der Waals surface area contributed by atoms with Gasteiger partial charge in [-0.1, -0.05) is 133 Å². The van der Waals surface area contributed by atoms with Crippen molar-refractivity contribution in [2.75, 3.05) is 0 Å². The fourth-order valence-corrected chi connectivity index (χ4v) is 9.64. The van der Waals surface area contributed by atoms with Crippen LogP contribution in [0.2, 0.25) is 0 Å². The van der Waals surface area contributed by atoms with Crippen LogP contribution < -0.4 is 0 Å². The van der Waals surface area contributed by atoms with Crippen LogP contribution >= 0.6 is 11.3 Å². The highest BCUT2D eigenvalue weighted by atomic mass is 32.1. The summed E-state index contributed by atoms with van der Waals surface area (Å²) >= 11 is 1.75. The van der Waals surface area contributed by atoms with Crippen molar-refractivity contribution in [3.8, 4) is 39.5 Å². The van der Waals surface area contributed by atoms with E-state index in [-0.39, 0.29) is 0 Å². The van der Waals surface area contributed by atoms with Crippen LogP contribution in [0.1, 0.15) is 0 Å². The van der Waals surface area contributed by atoms with Crippen LogP contribution in [0, 0.1) is 0 Å². The molecule has 0 aliphatic heterocycles. The molecule has 12 aromatic rings. The molecule has 0 saturated heterocycles. The van der Waals surface area contributed by atoms with E-state index in [2.05, 4.69) is 180 Å². The minimum absolute atomic E-state index is 0.636. The largest absolute Gasteiger partial charge is 0.455 e. The molecule has 12 rings (SSSR count). The average molecular weight is 720 g/mol. The molecule has 0 saturated carbocycles. The zero-order valence-electron chi connectivity index (χ0n) is 29.4. The fourth-order valence-electron chi connectivity index (χ4n) is 8.49. The summed E-state index contributed by atoms with van der Waals surface area (Å²) in [6.45, 7) is 0. The van der Waals surface area contributed by atoms with E-state index in [1.807, 2.05) is 0 Å².